The number of carbonyl (C=O) groups excluding carboxylic acids is 1. The predicted octanol–water partition coefficient (Wildman–Crippen LogP) is -0.991. The maximum Gasteiger partial charge on any atom is 0.223 e. The first-order valence-electron chi connectivity index (χ1n) is 6.64. The van der Waals surface area contributed by atoms with Gasteiger partial charge in [-0.05, 0) is 12.1 Å². The van der Waals surface area contributed by atoms with Crippen molar-refractivity contribution in [3.8, 4) is 5.75 Å². The molecule has 1 amide bonds. The molecule has 0 aliphatic carbocycles. The van der Waals surface area contributed by atoms with Gasteiger partial charge in [0, 0.05) is 6.92 Å². The molecule has 116 valence electrons. The number of aliphatic hydroxyl groups is 3. The Morgan fingerprint density at radius 2 is 1.95 bits per heavy atom. The fourth-order valence-corrected chi connectivity index (χ4v) is 2.20. The summed E-state index contributed by atoms with van der Waals surface area (Å²) in [4.78, 5) is 11.2. The van der Waals surface area contributed by atoms with Crippen LogP contribution >= 0.6 is 0 Å². The van der Waals surface area contributed by atoms with Crippen molar-refractivity contribution in [2.75, 3.05) is 6.61 Å². The van der Waals surface area contributed by atoms with E-state index in [1.165, 1.54) is 6.92 Å². The molecule has 1 saturated heterocycles. The summed E-state index contributed by atoms with van der Waals surface area (Å²) < 4.78 is 11.0. The number of nitrogens with one attached hydrogen (secondary N) is 1. The van der Waals surface area contributed by atoms with Gasteiger partial charge < -0.3 is 30.1 Å². The number of ether oxygens (including phenoxy) is 2. The molecule has 1 aliphatic heterocycles. The quantitative estimate of drug-likeness (QED) is 0.568. The Hall–Kier alpha value is -1.67. The van der Waals surface area contributed by atoms with Crippen LogP contribution in [0.25, 0.3) is 0 Å². The Kier molecular flexibility index (Phi) is 5.13. The first-order valence-corrected chi connectivity index (χ1v) is 6.64. The van der Waals surface area contributed by atoms with Gasteiger partial charge in [-0.1, -0.05) is 18.2 Å². The van der Waals surface area contributed by atoms with E-state index in [9.17, 15) is 20.1 Å². The monoisotopic (exact) mass is 297 g/mol. The normalized spacial score (nSPS) is 32.5. The van der Waals surface area contributed by atoms with Crippen molar-refractivity contribution in [2.24, 2.45) is 0 Å². The van der Waals surface area contributed by atoms with E-state index in [-0.39, 0.29) is 5.91 Å². The summed E-state index contributed by atoms with van der Waals surface area (Å²) >= 11 is 0. The molecule has 0 bridgehead atoms. The van der Waals surface area contributed by atoms with Gasteiger partial charge in [0.25, 0.3) is 0 Å². The predicted molar refractivity (Wildman–Crippen MR) is 72.4 cm³/mol. The molecule has 0 aromatic heterocycles. The summed E-state index contributed by atoms with van der Waals surface area (Å²) in [6.45, 7) is 0.816. The average molecular weight is 297 g/mol. The Morgan fingerprint density at radius 3 is 2.52 bits per heavy atom. The maximum atomic E-state index is 11.2. The lowest BCUT2D eigenvalue weighted by Gasteiger charge is -2.42. The number of carbonyl (C=O) groups is 1. The van der Waals surface area contributed by atoms with E-state index in [1.807, 2.05) is 6.07 Å². The van der Waals surface area contributed by atoms with Gasteiger partial charge in [-0.25, -0.2) is 0 Å². The highest BCUT2D eigenvalue weighted by Crippen LogP contribution is 2.24. The van der Waals surface area contributed by atoms with Crippen LogP contribution in [0.1, 0.15) is 6.92 Å². The van der Waals surface area contributed by atoms with Gasteiger partial charge in [0.15, 0.2) is 0 Å². The van der Waals surface area contributed by atoms with E-state index in [4.69, 9.17) is 9.47 Å². The van der Waals surface area contributed by atoms with Crippen molar-refractivity contribution in [2.45, 2.75) is 37.6 Å². The second-order valence-electron chi connectivity index (χ2n) is 4.86. The van der Waals surface area contributed by atoms with Crippen LogP contribution in [0.15, 0.2) is 30.3 Å². The van der Waals surface area contributed by atoms with Crippen molar-refractivity contribution in [1.82, 2.24) is 5.32 Å². The van der Waals surface area contributed by atoms with Crippen molar-refractivity contribution < 1.29 is 29.6 Å². The van der Waals surface area contributed by atoms with E-state index < -0.39 is 37.3 Å². The third-order valence-corrected chi connectivity index (χ3v) is 3.25. The Bertz CT molecular complexity index is 468. The lowest BCUT2D eigenvalue weighted by Crippen LogP contribution is -2.65. The highest BCUT2D eigenvalue weighted by atomic mass is 16.7. The second-order valence-corrected chi connectivity index (χ2v) is 4.86. The average Bonchev–Trinajstić information content (AvgIpc) is 2.47. The smallest absolute Gasteiger partial charge is 0.223 e. The van der Waals surface area contributed by atoms with E-state index in [1.54, 1.807) is 24.3 Å². The zero-order valence-corrected chi connectivity index (χ0v) is 11.5. The number of rotatable bonds is 4. The number of benzene rings is 1. The van der Waals surface area contributed by atoms with Crippen molar-refractivity contribution in [3.63, 3.8) is 0 Å². The molecule has 0 radical (unpaired) electrons. The molecule has 1 heterocycles. The minimum Gasteiger partial charge on any atom is -0.463 e. The summed E-state index contributed by atoms with van der Waals surface area (Å²) in [6.07, 6.45) is -4.64. The Morgan fingerprint density at radius 1 is 1.29 bits per heavy atom. The highest BCUT2D eigenvalue weighted by molar-refractivity contribution is 5.73. The number of aliphatic hydroxyl groups excluding tert-OH is 3. The Balaban J connectivity index is 2.18. The van der Waals surface area contributed by atoms with Gasteiger partial charge in [0.05, 0.1) is 6.61 Å². The topological polar surface area (TPSA) is 108 Å². The summed E-state index contributed by atoms with van der Waals surface area (Å²) in [5.74, 6) is 0.0945. The molecule has 7 nitrogen and oxygen atoms in total. The van der Waals surface area contributed by atoms with Crippen LogP contribution in [0.3, 0.4) is 0 Å². The molecule has 5 atom stereocenters. The van der Waals surface area contributed by atoms with Crippen LogP contribution in [0.2, 0.25) is 0 Å². The van der Waals surface area contributed by atoms with Crippen LogP contribution in [0.5, 0.6) is 5.75 Å². The minimum atomic E-state index is -1.32. The van der Waals surface area contributed by atoms with Gasteiger partial charge in [0.2, 0.25) is 12.2 Å². The number of para-hydroxylation sites is 1. The minimum absolute atomic E-state index is 0.390. The van der Waals surface area contributed by atoms with Gasteiger partial charge in [0.1, 0.15) is 30.1 Å². The second kappa shape index (κ2) is 6.86. The fourth-order valence-electron chi connectivity index (χ4n) is 2.20. The number of hydrogen-bond acceptors (Lipinski definition) is 6. The first kappa shape index (κ1) is 15.7. The molecule has 2 rings (SSSR count). The molecule has 7 heteroatoms. The zero-order chi connectivity index (χ0) is 15.4. The lowest BCUT2D eigenvalue weighted by molar-refractivity contribution is -0.244. The van der Waals surface area contributed by atoms with E-state index in [0.717, 1.165) is 0 Å². The molecule has 1 aromatic carbocycles. The number of hydrogen-bond donors (Lipinski definition) is 4. The van der Waals surface area contributed by atoms with E-state index in [0.29, 0.717) is 5.75 Å². The van der Waals surface area contributed by atoms with Gasteiger partial charge >= 0.3 is 0 Å². The van der Waals surface area contributed by atoms with Crippen molar-refractivity contribution >= 4 is 5.91 Å². The summed E-state index contributed by atoms with van der Waals surface area (Å²) in [5.41, 5.74) is 0. The molecule has 1 aromatic rings. The van der Waals surface area contributed by atoms with E-state index >= 15 is 0 Å². The maximum absolute atomic E-state index is 11.2. The van der Waals surface area contributed by atoms with Crippen molar-refractivity contribution in [3.05, 3.63) is 30.3 Å². The fraction of sp³-hybridized carbons (Fsp3) is 0.500. The molecule has 4 N–H and O–H groups in total. The third-order valence-electron chi connectivity index (χ3n) is 3.25. The molecular weight excluding hydrogens is 278 g/mol. The van der Waals surface area contributed by atoms with Gasteiger partial charge in [-0.3, -0.25) is 4.79 Å². The summed E-state index contributed by atoms with van der Waals surface area (Å²) in [6, 6.07) is 7.79. The van der Waals surface area contributed by atoms with Crippen LogP contribution < -0.4 is 10.1 Å². The third kappa shape index (κ3) is 3.70. The molecule has 0 spiro atoms. The van der Waals surface area contributed by atoms with Crippen LogP contribution in [-0.2, 0) is 9.53 Å². The molecule has 1 fully saturated rings. The standard InChI is InChI=1S/C14H19NO6/c1-8(17)15-11-13(19)12(18)10(7-16)21-14(11)20-9-5-3-2-4-6-9/h2-6,10-14,16,18-19H,7H2,1H3,(H,15,17)/t10-,11-,12+,13+,14+/m0/s1. The molecule has 0 saturated carbocycles. The largest absolute Gasteiger partial charge is 0.463 e. The van der Waals surface area contributed by atoms with Crippen LogP contribution in [-0.4, -0.2) is 58.5 Å². The number of amides is 1. The summed E-state index contributed by atoms with van der Waals surface area (Å²) in [7, 11) is 0. The highest BCUT2D eigenvalue weighted by Gasteiger charge is 2.45. The van der Waals surface area contributed by atoms with Crippen molar-refractivity contribution in [1.29, 1.82) is 0 Å². The summed E-state index contributed by atoms with van der Waals surface area (Å²) in [5, 5.41) is 31.7. The van der Waals surface area contributed by atoms with Crippen LogP contribution in [0.4, 0.5) is 0 Å². The first-order chi connectivity index (χ1) is 10.0. The molecule has 0 unspecified atom stereocenters. The van der Waals surface area contributed by atoms with Gasteiger partial charge in [-0.15, -0.1) is 0 Å². The lowest BCUT2D eigenvalue weighted by atomic mass is 9.97. The van der Waals surface area contributed by atoms with Crippen LogP contribution in [0, 0.1) is 0 Å². The van der Waals surface area contributed by atoms with Gasteiger partial charge in [-0.2, -0.15) is 0 Å². The SMILES string of the molecule is CC(=O)N[C@@H]1[C@H](Oc2ccccc2)O[C@@H](CO)[C@@H](O)[C@@H]1O. The Labute approximate surface area is 122 Å². The molecular formula is C14H19NO6. The molecule has 21 heavy (non-hydrogen) atoms. The zero-order valence-electron chi connectivity index (χ0n) is 11.5. The molecule has 1 aliphatic rings. The van der Waals surface area contributed by atoms with E-state index in [2.05, 4.69) is 5.32 Å².